The molecule has 1 aliphatic rings. The van der Waals surface area contributed by atoms with Gasteiger partial charge in [-0.15, -0.1) is 0 Å². The van der Waals surface area contributed by atoms with Gasteiger partial charge in [0.15, 0.2) is 0 Å². The first-order valence-corrected chi connectivity index (χ1v) is 5.56. The van der Waals surface area contributed by atoms with Gasteiger partial charge in [-0.2, -0.15) is 52.7 Å². The summed E-state index contributed by atoms with van der Waals surface area (Å²) in [5, 5.41) is -2.93. The van der Waals surface area contributed by atoms with Gasteiger partial charge in [-0.25, -0.2) is 0 Å². The van der Waals surface area contributed by atoms with E-state index in [2.05, 4.69) is 16.3 Å². The molecule has 1 rings (SSSR count). The molecule has 0 bridgehead atoms. The van der Waals surface area contributed by atoms with Crippen molar-refractivity contribution in [2.75, 3.05) is 0 Å². The van der Waals surface area contributed by atoms with Gasteiger partial charge in [-0.3, -0.25) is 10.1 Å². The summed E-state index contributed by atoms with van der Waals surface area (Å²) in [6, 6.07) is -4.26. The molecular weight excluding hydrogens is 406 g/mol. The van der Waals surface area contributed by atoms with Crippen LogP contribution in [0.25, 0.3) is 0 Å². The second kappa shape index (κ2) is 5.27. The molecule has 0 aliphatic carbocycles. The van der Waals surface area contributed by atoms with Crippen molar-refractivity contribution in [3.8, 4) is 0 Å². The van der Waals surface area contributed by atoms with Crippen LogP contribution in [0.1, 0.15) is 0 Å². The van der Waals surface area contributed by atoms with E-state index in [1.54, 1.807) is 0 Å². The molecule has 24 heavy (non-hydrogen) atoms. The molecule has 0 radical (unpaired) electrons. The van der Waals surface area contributed by atoms with E-state index in [4.69, 9.17) is 0 Å². The van der Waals surface area contributed by atoms with Crippen molar-refractivity contribution in [1.29, 1.82) is 0 Å². The third-order valence-corrected chi connectivity index (χ3v) is 3.15. The molecule has 3 nitrogen and oxygen atoms in total. The van der Waals surface area contributed by atoms with Crippen LogP contribution in [-0.4, -0.2) is 47.3 Å². The van der Waals surface area contributed by atoms with Gasteiger partial charge >= 0.3 is 30.4 Å². The summed E-state index contributed by atoms with van der Waals surface area (Å²) in [5.41, 5.74) is -12.3. The third kappa shape index (κ3) is 2.69. The normalized spacial score (nSPS) is 25.0. The van der Waals surface area contributed by atoms with E-state index in [0.29, 0.717) is 0 Å². The highest BCUT2D eigenvalue weighted by molar-refractivity contribution is 6.65. The van der Waals surface area contributed by atoms with Gasteiger partial charge in [0.2, 0.25) is 5.24 Å². The number of hydrogen-bond donors (Lipinski definition) is 1. The maximum Gasteiger partial charge on any atom is 0.440 e. The predicted molar refractivity (Wildman–Crippen MR) is 48.6 cm³/mol. The standard InChI is InChI=1S/C8H2ClF12NO2/c9-2(23)1-3(5(10,11)12,6(13,14)15)24-4(22-1,7(16,17)18)8(19,20)21/h1,22H. The van der Waals surface area contributed by atoms with E-state index in [1.165, 1.54) is 0 Å². The van der Waals surface area contributed by atoms with Crippen LogP contribution in [0.5, 0.6) is 0 Å². The van der Waals surface area contributed by atoms with Gasteiger partial charge in [-0.05, 0) is 11.6 Å². The third-order valence-electron chi connectivity index (χ3n) is 2.94. The van der Waals surface area contributed by atoms with Crippen molar-refractivity contribution < 1.29 is 62.2 Å². The topological polar surface area (TPSA) is 38.3 Å². The average molecular weight is 408 g/mol. The van der Waals surface area contributed by atoms with E-state index in [0.717, 1.165) is 0 Å². The number of hydrogen-bond acceptors (Lipinski definition) is 3. The molecular formula is C8H2ClF12NO2. The lowest BCUT2D eigenvalue weighted by atomic mass is 9.94. The molecule has 16 heteroatoms. The zero-order valence-corrected chi connectivity index (χ0v) is 11.1. The monoisotopic (exact) mass is 407 g/mol. The van der Waals surface area contributed by atoms with Crippen molar-refractivity contribution in [2.24, 2.45) is 0 Å². The number of halogens is 13. The molecule has 0 saturated carbocycles. The summed E-state index contributed by atoms with van der Waals surface area (Å²) < 4.78 is 155. The van der Waals surface area contributed by atoms with E-state index in [9.17, 15) is 57.5 Å². The van der Waals surface area contributed by atoms with Crippen molar-refractivity contribution in [1.82, 2.24) is 5.32 Å². The quantitative estimate of drug-likeness (QED) is 0.535. The number of alkyl halides is 12. The van der Waals surface area contributed by atoms with E-state index >= 15 is 0 Å². The Balaban J connectivity index is 3.83. The SMILES string of the molecule is O=C(Cl)C1NC(C(F)(F)F)(C(F)(F)F)OC1(C(F)(F)F)C(F)(F)F. The molecule has 1 aliphatic heterocycles. The summed E-state index contributed by atoms with van der Waals surface area (Å²) in [6.07, 6.45) is -27.5. The van der Waals surface area contributed by atoms with E-state index < -0.39 is 47.3 Å². The van der Waals surface area contributed by atoms with Crippen LogP contribution in [0.2, 0.25) is 0 Å². The summed E-state index contributed by atoms with van der Waals surface area (Å²) in [4.78, 5) is 10.8. The van der Waals surface area contributed by atoms with E-state index in [-0.39, 0.29) is 5.32 Å². The fourth-order valence-electron chi connectivity index (χ4n) is 1.90. The lowest BCUT2D eigenvalue weighted by Crippen LogP contribution is -2.66. The summed E-state index contributed by atoms with van der Waals surface area (Å²) >= 11 is 4.39. The Labute approximate surface area is 127 Å². The molecule has 1 fully saturated rings. The van der Waals surface area contributed by atoms with Crippen molar-refractivity contribution >= 4 is 16.8 Å². The van der Waals surface area contributed by atoms with Crippen molar-refractivity contribution in [3.63, 3.8) is 0 Å². The Morgan fingerprint density at radius 2 is 1.12 bits per heavy atom. The lowest BCUT2D eigenvalue weighted by Gasteiger charge is -2.38. The first-order valence-electron chi connectivity index (χ1n) is 5.19. The molecule has 0 aromatic carbocycles. The van der Waals surface area contributed by atoms with Gasteiger partial charge in [-0.1, -0.05) is 0 Å². The fourth-order valence-corrected chi connectivity index (χ4v) is 2.10. The zero-order valence-electron chi connectivity index (χ0n) is 10.3. The number of ether oxygens (including phenoxy) is 1. The molecule has 1 saturated heterocycles. The van der Waals surface area contributed by atoms with Crippen LogP contribution >= 0.6 is 11.6 Å². The average Bonchev–Trinajstić information content (AvgIpc) is 2.63. The van der Waals surface area contributed by atoms with Gasteiger partial charge in [0, 0.05) is 0 Å². The number of nitrogens with one attached hydrogen (secondary N) is 1. The van der Waals surface area contributed by atoms with Crippen LogP contribution in [0.15, 0.2) is 0 Å². The van der Waals surface area contributed by atoms with Gasteiger partial charge in [0.1, 0.15) is 6.04 Å². The minimum Gasteiger partial charge on any atom is -0.318 e. The highest BCUT2D eigenvalue weighted by Gasteiger charge is 2.90. The first kappa shape index (κ1) is 21.1. The molecule has 1 heterocycles. The molecule has 0 aromatic rings. The summed E-state index contributed by atoms with van der Waals surface area (Å²) in [7, 11) is 0. The Morgan fingerprint density at radius 1 is 0.792 bits per heavy atom. The van der Waals surface area contributed by atoms with Crippen LogP contribution in [0, 0.1) is 0 Å². The number of carbonyl (C=O) groups excluding carboxylic acids is 1. The van der Waals surface area contributed by atoms with E-state index in [1.807, 2.05) is 0 Å². The van der Waals surface area contributed by atoms with Gasteiger partial charge < -0.3 is 4.74 Å². The Morgan fingerprint density at radius 3 is 1.29 bits per heavy atom. The molecule has 0 amide bonds. The largest absolute Gasteiger partial charge is 0.440 e. The lowest BCUT2D eigenvalue weighted by molar-refractivity contribution is -0.444. The Hall–Kier alpha value is -0.960. The Kier molecular flexibility index (Phi) is 4.63. The highest BCUT2D eigenvalue weighted by atomic mass is 35.5. The molecule has 1 atom stereocenters. The highest BCUT2D eigenvalue weighted by Crippen LogP contribution is 2.59. The van der Waals surface area contributed by atoms with Gasteiger partial charge in [0.25, 0.3) is 5.60 Å². The predicted octanol–water partition coefficient (Wildman–Crippen LogP) is 3.42. The number of carbonyl (C=O) groups is 1. The fraction of sp³-hybridized carbons (Fsp3) is 0.875. The maximum atomic E-state index is 12.8. The van der Waals surface area contributed by atoms with Crippen LogP contribution in [0.4, 0.5) is 52.7 Å². The molecule has 0 aromatic heterocycles. The maximum absolute atomic E-state index is 12.8. The van der Waals surface area contributed by atoms with Crippen LogP contribution in [0.3, 0.4) is 0 Å². The zero-order chi connectivity index (χ0) is 19.6. The molecule has 0 spiro atoms. The van der Waals surface area contributed by atoms with Crippen LogP contribution < -0.4 is 5.32 Å². The van der Waals surface area contributed by atoms with Gasteiger partial charge in [0.05, 0.1) is 0 Å². The second-order valence-corrected chi connectivity index (χ2v) is 4.76. The first-order chi connectivity index (χ1) is 10.2. The molecule has 142 valence electrons. The minimum atomic E-state index is -6.91. The summed E-state index contributed by atoms with van der Waals surface area (Å²) in [5.74, 6) is 0. The Bertz CT molecular complexity index is 489. The second-order valence-electron chi connectivity index (χ2n) is 4.39. The van der Waals surface area contributed by atoms with Crippen LogP contribution in [-0.2, 0) is 9.53 Å². The number of rotatable bonds is 1. The molecule has 1 unspecified atom stereocenters. The minimum absolute atomic E-state index is 0.106. The van der Waals surface area contributed by atoms with Crippen molar-refractivity contribution in [3.05, 3.63) is 0 Å². The molecule has 1 N–H and O–H groups in total. The smallest absolute Gasteiger partial charge is 0.318 e. The van der Waals surface area contributed by atoms with Crippen molar-refractivity contribution in [2.45, 2.75) is 42.1 Å². The summed E-state index contributed by atoms with van der Waals surface area (Å²) in [6.45, 7) is 0.